The molecule has 0 bridgehead atoms. The van der Waals surface area contributed by atoms with Gasteiger partial charge in [0.2, 0.25) is 15.9 Å². The Hall–Kier alpha value is -3.81. The molecule has 2 aromatic carbocycles. The van der Waals surface area contributed by atoms with Crippen molar-refractivity contribution in [2.24, 2.45) is 0 Å². The van der Waals surface area contributed by atoms with Crippen LogP contribution in [0.1, 0.15) is 53.9 Å². The van der Waals surface area contributed by atoms with E-state index >= 15 is 0 Å². The predicted molar refractivity (Wildman–Crippen MR) is 148 cm³/mol. The zero-order chi connectivity index (χ0) is 29.2. The summed E-state index contributed by atoms with van der Waals surface area (Å²) in [6.07, 6.45) is 1.72. The smallest absolute Gasteiger partial charge is 0.272 e. The molecule has 40 heavy (non-hydrogen) atoms. The molecule has 1 aromatic heterocycles. The Bertz CT molecular complexity index is 1540. The van der Waals surface area contributed by atoms with E-state index in [9.17, 15) is 23.3 Å². The third-order valence-corrected chi connectivity index (χ3v) is 8.10. The molecule has 2 heterocycles. The number of ether oxygens (including phenoxy) is 2. The van der Waals surface area contributed by atoms with Gasteiger partial charge >= 0.3 is 0 Å². The van der Waals surface area contributed by atoms with Crippen molar-refractivity contribution in [3.05, 3.63) is 68.9 Å². The zero-order valence-corrected chi connectivity index (χ0v) is 23.9. The van der Waals surface area contributed by atoms with Crippen LogP contribution in [0.4, 0.5) is 5.69 Å². The van der Waals surface area contributed by atoms with E-state index in [0.29, 0.717) is 24.4 Å². The summed E-state index contributed by atoms with van der Waals surface area (Å²) in [7, 11) is -4.20. The molecule has 0 saturated carbocycles. The Morgan fingerprint density at radius 1 is 1.23 bits per heavy atom. The van der Waals surface area contributed by atoms with E-state index in [0.717, 1.165) is 36.1 Å². The summed E-state index contributed by atoms with van der Waals surface area (Å²) in [4.78, 5) is 23.6. The molecule has 12 nitrogen and oxygen atoms in total. The molecule has 1 aliphatic heterocycles. The Morgan fingerprint density at radius 3 is 2.62 bits per heavy atom. The van der Waals surface area contributed by atoms with Gasteiger partial charge in [0.15, 0.2) is 5.69 Å². The Balaban J connectivity index is 1.83. The van der Waals surface area contributed by atoms with Crippen LogP contribution < -0.4 is 14.8 Å². The van der Waals surface area contributed by atoms with Gasteiger partial charge in [0.1, 0.15) is 10.6 Å². The second-order valence-electron chi connectivity index (χ2n) is 10.1. The van der Waals surface area contributed by atoms with Crippen LogP contribution >= 0.6 is 0 Å². The fourth-order valence-electron chi connectivity index (χ4n) is 4.41. The minimum atomic E-state index is -4.20. The van der Waals surface area contributed by atoms with Crippen LogP contribution in [0.15, 0.2) is 41.3 Å². The van der Waals surface area contributed by atoms with Gasteiger partial charge in [-0.15, -0.1) is 0 Å². The van der Waals surface area contributed by atoms with Crippen LogP contribution in [0.5, 0.6) is 11.6 Å². The average Bonchev–Trinajstić information content (AvgIpc) is 3.52. The van der Waals surface area contributed by atoms with Gasteiger partial charge in [0.05, 0.1) is 16.7 Å². The fourth-order valence-corrected chi connectivity index (χ4v) is 5.80. The number of benzene rings is 2. The van der Waals surface area contributed by atoms with Gasteiger partial charge in [-0.25, -0.2) is 13.1 Å². The van der Waals surface area contributed by atoms with Gasteiger partial charge in [-0.05, 0) is 70.7 Å². The summed E-state index contributed by atoms with van der Waals surface area (Å²) in [5.41, 5.74) is 2.45. The van der Waals surface area contributed by atoms with Gasteiger partial charge in [-0.1, -0.05) is 12.1 Å². The Morgan fingerprint density at radius 2 is 1.98 bits per heavy atom. The molecule has 1 aliphatic rings. The predicted octanol–water partition coefficient (Wildman–Crippen LogP) is 4.09. The van der Waals surface area contributed by atoms with Crippen molar-refractivity contribution < 1.29 is 27.6 Å². The first kappa shape index (κ1) is 29.2. The van der Waals surface area contributed by atoms with E-state index in [-0.39, 0.29) is 23.4 Å². The molecule has 0 unspecified atom stereocenters. The van der Waals surface area contributed by atoms with E-state index < -0.39 is 37.5 Å². The highest BCUT2D eigenvalue weighted by Gasteiger charge is 2.29. The number of carbonyl (C=O) groups excluding carboxylic acids is 1. The highest BCUT2D eigenvalue weighted by molar-refractivity contribution is 7.89. The Kier molecular flexibility index (Phi) is 8.57. The lowest BCUT2D eigenvalue weighted by Gasteiger charge is -2.16. The maximum Gasteiger partial charge on any atom is 0.272 e. The minimum absolute atomic E-state index is 0.0672. The van der Waals surface area contributed by atoms with Gasteiger partial charge < -0.3 is 14.8 Å². The topological polar surface area (TPSA) is 155 Å². The number of aryl methyl sites for hydroxylation is 2. The van der Waals surface area contributed by atoms with Gasteiger partial charge in [-0.3, -0.25) is 14.9 Å². The number of nitrogens with zero attached hydrogens (tertiary/aromatic N) is 3. The molecule has 13 heteroatoms. The lowest BCUT2D eigenvalue weighted by molar-refractivity contribution is -0.385. The number of hydrogen-bond acceptors (Lipinski definition) is 8. The van der Waals surface area contributed by atoms with Crippen LogP contribution in [0, 0.1) is 30.9 Å². The van der Waals surface area contributed by atoms with Crippen molar-refractivity contribution in [2.75, 3.05) is 13.2 Å². The molecule has 3 aromatic rings. The van der Waals surface area contributed by atoms with Crippen LogP contribution in [0.2, 0.25) is 0 Å². The van der Waals surface area contributed by atoms with Gasteiger partial charge in [-0.2, -0.15) is 9.78 Å². The zero-order valence-electron chi connectivity index (χ0n) is 23.1. The SMILES string of the molecule is Cc1ccc(C)c(-n2nc(C(=O)NC[C@@H]3CCCO3)c(C)c2Oc2ccc([N+](=O)[O-])cc2S(=O)(=O)NC(C)C)c1. The van der Waals surface area contributed by atoms with Crippen molar-refractivity contribution >= 4 is 21.6 Å². The fraction of sp³-hybridized carbons (Fsp3) is 0.407. The van der Waals surface area contributed by atoms with Crippen molar-refractivity contribution in [1.29, 1.82) is 0 Å². The lowest BCUT2D eigenvalue weighted by atomic mass is 10.1. The van der Waals surface area contributed by atoms with Crippen molar-refractivity contribution in [3.63, 3.8) is 0 Å². The molecule has 0 aliphatic carbocycles. The number of aromatic nitrogens is 2. The van der Waals surface area contributed by atoms with Crippen LogP contribution in [-0.4, -0.2) is 54.3 Å². The number of amides is 1. The van der Waals surface area contributed by atoms with Crippen LogP contribution in [0.3, 0.4) is 0 Å². The molecule has 214 valence electrons. The van der Waals surface area contributed by atoms with E-state index in [1.807, 2.05) is 32.0 Å². The summed E-state index contributed by atoms with van der Waals surface area (Å²) in [5, 5.41) is 18.9. The quantitative estimate of drug-likeness (QED) is 0.272. The second kappa shape index (κ2) is 11.7. The van der Waals surface area contributed by atoms with Crippen molar-refractivity contribution in [3.8, 4) is 17.3 Å². The first-order valence-corrected chi connectivity index (χ1v) is 14.4. The maximum absolute atomic E-state index is 13.2. The van der Waals surface area contributed by atoms with Gasteiger partial charge in [0, 0.05) is 36.9 Å². The van der Waals surface area contributed by atoms with E-state index in [2.05, 4.69) is 15.1 Å². The third kappa shape index (κ3) is 6.32. The Labute approximate surface area is 232 Å². The first-order valence-electron chi connectivity index (χ1n) is 12.9. The molecule has 0 spiro atoms. The molecule has 1 amide bonds. The highest BCUT2D eigenvalue weighted by atomic mass is 32.2. The number of rotatable bonds is 10. The average molecular weight is 572 g/mol. The largest absolute Gasteiger partial charge is 0.437 e. The maximum atomic E-state index is 13.2. The van der Waals surface area contributed by atoms with Crippen LogP contribution in [-0.2, 0) is 14.8 Å². The summed E-state index contributed by atoms with van der Waals surface area (Å²) >= 11 is 0. The van der Waals surface area contributed by atoms with Crippen molar-refractivity contribution in [2.45, 2.75) is 64.5 Å². The number of nitro groups is 1. The summed E-state index contributed by atoms with van der Waals surface area (Å²) < 4.78 is 42.0. The highest BCUT2D eigenvalue weighted by Crippen LogP contribution is 2.36. The summed E-state index contributed by atoms with van der Waals surface area (Å²) in [6.45, 7) is 9.69. The normalized spacial score (nSPS) is 15.4. The standard InChI is InChI=1S/C27H33N5O7S/c1-16(2)30-40(36,37)24-14-20(32(34)35)10-11-23(24)39-27-19(5)25(26(33)28-15-21-7-6-12-38-21)29-31(27)22-13-17(3)8-9-18(22)4/h8-11,13-14,16,21,30H,6-7,12,15H2,1-5H3,(H,28,33)/t21-/m0/s1. The lowest BCUT2D eigenvalue weighted by Crippen LogP contribution is -2.32. The molecular formula is C27H33N5O7S. The third-order valence-electron chi connectivity index (χ3n) is 6.42. The number of non-ortho nitro benzene ring substituents is 1. The number of carbonyl (C=O) groups is 1. The minimum Gasteiger partial charge on any atom is -0.437 e. The molecular weight excluding hydrogens is 538 g/mol. The first-order chi connectivity index (χ1) is 18.9. The summed E-state index contributed by atoms with van der Waals surface area (Å²) in [6, 6.07) is 8.57. The number of sulfonamides is 1. The number of nitro benzene ring substituents is 1. The van der Waals surface area contributed by atoms with Gasteiger partial charge in [0.25, 0.3) is 11.6 Å². The number of hydrogen-bond donors (Lipinski definition) is 2. The molecule has 1 saturated heterocycles. The van der Waals surface area contributed by atoms with Crippen LogP contribution in [0.25, 0.3) is 5.69 Å². The van der Waals surface area contributed by atoms with E-state index in [4.69, 9.17) is 9.47 Å². The molecule has 1 fully saturated rings. The van der Waals surface area contributed by atoms with Crippen molar-refractivity contribution in [1.82, 2.24) is 19.8 Å². The second-order valence-corrected chi connectivity index (χ2v) is 11.8. The molecule has 1 atom stereocenters. The molecule has 0 radical (unpaired) electrons. The van der Waals surface area contributed by atoms with E-state index in [1.165, 1.54) is 10.7 Å². The molecule has 2 N–H and O–H groups in total. The number of nitrogens with one attached hydrogen (secondary N) is 2. The monoisotopic (exact) mass is 571 g/mol. The molecule has 4 rings (SSSR count). The van der Waals surface area contributed by atoms with E-state index in [1.54, 1.807) is 20.8 Å². The summed E-state index contributed by atoms with van der Waals surface area (Å²) in [5.74, 6) is -0.481.